The summed E-state index contributed by atoms with van der Waals surface area (Å²) in [6.45, 7) is 10.2. The molecule has 25 heavy (non-hydrogen) atoms. The molecular formula is C23H34O2. The molecule has 0 spiro atoms. The minimum Gasteiger partial charge on any atom is -0.374 e. The third-order valence-electron chi connectivity index (χ3n) is 3.98. The quantitative estimate of drug-likeness (QED) is 0.470. The topological polar surface area (TPSA) is 18.5 Å². The Hall–Kier alpha value is -1.64. The van der Waals surface area contributed by atoms with Crippen molar-refractivity contribution in [2.45, 2.75) is 59.2 Å². The highest BCUT2D eigenvalue weighted by molar-refractivity contribution is 5.17. The van der Waals surface area contributed by atoms with Crippen molar-refractivity contribution in [1.29, 1.82) is 0 Å². The second kappa shape index (κ2) is 13.6. The van der Waals surface area contributed by atoms with E-state index in [1.54, 1.807) is 0 Å². The van der Waals surface area contributed by atoms with Gasteiger partial charge in [0.25, 0.3) is 0 Å². The van der Waals surface area contributed by atoms with Gasteiger partial charge in [-0.15, -0.1) is 0 Å². The molecule has 0 aromatic heterocycles. The summed E-state index contributed by atoms with van der Waals surface area (Å²) < 4.78 is 11.2. The molecule has 0 bridgehead atoms. The zero-order valence-electron chi connectivity index (χ0n) is 16.3. The fourth-order valence-electron chi connectivity index (χ4n) is 2.34. The van der Waals surface area contributed by atoms with Gasteiger partial charge in [0.15, 0.2) is 0 Å². The maximum Gasteiger partial charge on any atom is 0.0796 e. The highest BCUT2D eigenvalue weighted by atomic mass is 16.5. The molecule has 2 rings (SSSR count). The van der Waals surface area contributed by atoms with Crippen molar-refractivity contribution >= 4 is 0 Å². The van der Waals surface area contributed by atoms with Gasteiger partial charge in [0, 0.05) is 13.2 Å². The molecule has 0 radical (unpaired) electrons. The van der Waals surface area contributed by atoms with E-state index in [-0.39, 0.29) is 12.2 Å². The molecule has 138 valence electrons. The summed E-state index contributed by atoms with van der Waals surface area (Å²) in [5, 5.41) is 0. The summed E-state index contributed by atoms with van der Waals surface area (Å²) in [5.41, 5.74) is 2.52. The zero-order chi connectivity index (χ0) is 18.3. The third-order valence-corrected chi connectivity index (χ3v) is 3.98. The van der Waals surface area contributed by atoms with Crippen LogP contribution in [0.15, 0.2) is 60.7 Å². The highest BCUT2D eigenvalue weighted by Crippen LogP contribution is 2.16. The molecule has 0 aliphatic heterocycles. The van der Waals surface area contributed by atoms with E-state index in [1.807, 2.05) is 24.3 Å². The van der Waals surface area contributed by atoms with Gasteiger partial charge in [-0.05, 0) is 37.8 Å². The summed E-state index contributed by atoms with van der Waals surface area (Å²) >= 11 is 0. The predicted octanol–water partition coefficient (Wildman–Crippen LogP) is 6.74. The molecule has 0 amide bonds. The van der Waals surface area contributed by atoms with Gasteiger partial charge in [-0.2, -0.15) is 0 Å². The first-order chi connectivity index (χ1) is 12.2. The minimum absolute atomic E-state index is 0.228. The Kier molecular flexibility index (Phi) is 11.7. The first-order valence-electron chi connectivity index (χ1n) is 9.52. The Labute approximate surface area is 154 Å². The summed E-state index contributed by atoms with van der Waals surface area (Å²) in [4.78, 5) is 0. The van der Waals surface area contributed by atoms with Crippen LogP contribution in [0.4, 0.5) is 0 Å². The molecule has 0 aliphatic rings. The number of unbranched alkanes of at least 4 members (excludes halogenated alkanes) is 1. The molecule has 2 heteroatoms. The van der Waals surface area contributed by atoms with Crippen LogP contribution in [0.5, 0.6) is 0 Å². The van der Waals surface area contributed by atoms with Crippen LogP contribution in [0.2, 0.25) is 0 Å². The number of ether oxygens (including phenoxy) is 2. The van der Waals surface area contributed by atoms with Crippen LogP contribution in [0.1, 0.15) is 70.3 Å². The lowest BCUT2D eigenvalue weighted by molar-refractivity contribution is 0.0637. The monoisotopic (exact) mass is 342 g/mol. The van der Waals surface area contributed by atoms with Crippen LogP contribution in [0.25, 0.3) is 0 Å². The van der Waals surface area contributed by atoms with Crippen LogP contribution in [-0.4, -0.2) is 13.2 Å². The SMILES string of the molecule is CCCCOC(C)c1ccccc1.CCCOC(C)c1ccccc1. The van der Waals surface area contributed by atoms with Gasteiger partial charge in [-0.1, -0.05) is 80.9 Å². The van der Waals surface area contributed by atoms with Gasteiger partial charge in [-0.3, -0.25) is 0 Å². The fourth-order valence-corrected chi connectivity index (χ4v) is 2.34. The highest BCUT2D eigenvalue weighted by Gasteiger charge is 2.03. The second-order valence-electron chi connectivity index (χ2n) is 6.20. The molecule has 0 aliphatic carbocycles. The van der Waals surface area contributed by atoms with Crippen LogP contribution < -0.4 is 0 Å². The lowest BCUT2D eigenvalue weighted by Crippen LogP contribution is -2.00. The Morgan fingerprint density at radius 1 is 0.640 bits per heavy atom. The molecule has 2 unspecified atom stereocenters. The normalized spacial score (nSPS) is 12.8. The molecular weight excluding hydrogens is 308 g/mol. The van der Waals surface area contributed by atoms with Gasteiger partial charge in [-0.25, -0.2) is 0 Å². The van der Waals surface area contributed by atoms with Gasteiger partial charge < -0.3 is 9.47 Å². The third kappa shape index (κ3) is 9.42. The van der Waals surface area contributed by atoms with Crippen molar-refractivity contribution in [3.63, 3.8) is 0 Å². The summed E-state index contributed by atoms with van der Waals surface area (Å²) in [6, 6.07) is 20.7. The minimum atomic E-state index is 0.228. The zero-order valence-corrected chi connectivity index (χ0v) is 16.3. The second-order valence-corrected chi connectivity index (χ2v) is 6.20. The Balaban J connectivity index is 0.000000251. The summed E-state index contributed by atoms with van der Waals surface area (Å²) in [5.74, 6) is 0. The Morgan fingerprint density at radius 3 is 1.48 bits per heavy atom. The Bertz CT molecular complexity index is 524. The van der Waals surface area contributed by atoms with E-state index in [1.165, 1.54) is 17.5 Å². The number of benzene rings is 2. The van der Waals surface area contributed by atoms with Crippen LogP contribution in [-0.2, 0) is 9.47 Å². The molecule has 0 saturated heterocycles. The van der Waals surface area contributed by atoms with E-state index in [0.29, 0.717) is 0 Å². The summed E-state index contributed by atoms with van der Waals surface area (Å²) in [7, 11) is 0. The van der Waals surface area contributed by atoms with Gasteiger partial charge in [0.1, 0.15) is 0 Å². The van der Waals surface area contributed by atoms with Crippen molar-refractivity contribution in [3.05, 3.63) is 71.8 Å². The van der Waals surface area contributed by atoms with Gasteiger partial charge in [0.2, 0.25) is 0 Å². The van der Waals surface area contributed by atoms with E-state index < -0.39 is 0 Å². The van der Waals surface area contributed by atoms with Crippen molar-refractivity contribution in [2.75, 3.05) is 13.2 Å². The molecule has 0 saturated carbocycles. The van der Waals surface area contributed by atoms with E-state index in [4.69, 9.17) is 9.47 Å². The molecule has 0 N–H and O–H groups in total. The molecule has 2 nitrogen and oxygen atoms in total. The molecule has 2 aromatic carbocycles. The average molecular weight is 343 g/mol. The van der Waals surface area contributed by atoms with E-state index >= 15 is 0 Å². The molecule has 2 atom stereocenters. The molecule has 0 fully saturated rings. The number of hydrogen-bond acceptors (Lipinski definition) is 2. The fraction of sp³-hybridized carbons (Fsp3) is 0.478. The van der Waals surface area contributed by atoms with Crippen LogP contribution >= 0.6 is 0 Å². The van der Waals surface area contributed by atoms with Crippen molar-refractivity contribution < 1.29 is 9.47 Å². The summed E-state index contributed by atoms with van der Waals surface area (Å²) in [6.07, 6.45) is 3.88. The van der Waals surface area contributed by atoms with Gasteiger partial charge in [0.05, 0.1) is 12.2 Å². The van der Waals surface area contributed by atoms with E-state index in [2.05, 4.69) is 64.1 Å². The predicted molar refractivity (Wildman–Crippen MR) is 107 cm³/mol. The van der Waals surface area contributed by atoms with Gasteiger partial charge >= 0.3 is 0 Å². The largest absolute Gasteiger partial charge is 0.374 e. The average Bonchev–Trinajstić information content (AvgIpc) is 2.68. The van der Waals surface area contributed by atoms with Crippen molar-refractivity contribution in [3.8, 4) is 0 Å². The standard InChI is InChI=1S/C12H18O.C11H16O/c1-3-4-10-13-11(2)12-8-6-5-7-9-12;1-3-9-12-10(2)11-7-5-4-6-8-11/h5-9,11H,3-4,10H2,1-2H3;4-8,10H,3,9H2,1-2H3. The van der Waals surface area contributed by atoms with E-state index in [0.717, 1.165) is 26.1 Å². The number of rotatable bonds is 9. The molecule has 0 heterocycles. The lowest BCUT2D eigenvalue weighted by atomic mass is 10.1. The van der Waals surface area contributed by atoms with Crippen LogP contribution in [0.3, 0.4) is 0 Å². The smallest absolute Gasteiger partial charge is 0.0796 e. The van der Waals surface area contributed by atoms with Crippen molar-refractivity contribution in [2.24, 2.45) is 0 Å². The van der Waals surface area contributed by atoms with Crippen molar-refractivity contribution in [1.82, 2.24) is 0 Å². The maximum atomic E-state index is 5.67. The lowest BCUT2D eigenvalue weighted by Gasteiger charge is -2.12. The van der Waals surface area contributed by atoms with Crippen LogP contribution in [0, 0.1) is 0 Å². The molecule has 2 aromatic rings. The maximum absolute atomic E-state index is 5.67. The Morgan fingerprint density at radius 2 is 1.08 bits per heavy atom. The van der Waals surface area contributed by atoms with E-state index in [9.17, 15) is 0 Å². The first kappa shape index (κ1) is 21.4. The first-order valence-corrected chi connectivity index (χ1v) is 9.52. The number of hydrogen-bond donors (Lipinski definition) is 0.